The van der Waals surface area contributed by atoms with Gasteiger partial charge in [0.2, 0.25) is 5.91 Å². The highest BCUT2D eigenvalue weighted by molar-refractivity contribution is 7.18. The van der Waals surface area contributed by atoms with Crippen molar-refractivity contribution in [1.29, 1.82) is 0 Å². The summed E-state index contributed by atoms with van der Waals surface area (Å²) in [5.74, 6) is -1.78. The van der Waals surface area contributed by atoms with Crippen molar-refractivity contribution in [2.45, 2.75) is 20.4 Å². The van der Waals surface area contributed by atoms with Crippen molar-refractivity contribution < 1.29 is 14.7 Å². The Labute approximate surface area is 156 Å². The molecule has 1 saturated carbocycles. The Morgan fingerprint density at radius 3 is 2.50 bits per heavy atom. The van der Waals surface area contributed by atoms with E-state index in [9.17, 15) is 14.7 Å². The molecule has 0 bridgehead atoms. The van der Waals surface area contributed by atoms with E-state index in [-0.39, 0.29) is 11.8 Å². The second kappa shape index (κ2) is 6.32. The quantitative estimate of drug-likeness (QED) is 0.890. The molecule has 2 aromatic rings. The van der Waals surface area contributed by atoms with Crippen molar-refractivity contribution in [1.82, 2.24) is 14.8 Å². The minimum Gasteiger partial charge on any atom is -0.481 e. The molecule has 0 spiro atoms. The van der Waals surface area contributed by atoms with Crippen LogP contribution in [0, 0.1) is 17.3 Å². The molecular weight excluding hydrogens is 350 g/mol. The zero-order valence-electron chi connectivity index (χ0n) is 15.0. The molecule has 1 aliphatic heterocycles. The Morgan fingerprint density at radius 2 is 1.88 bits per heavy atom. The van der Waals surface area contributed by atoms with Crippen LogP contribution in [0.2, 0.25) is 0 Å². The maximum atomic E-state index is 12.7. The van der Waals surface area contributed by atoms with Gasteiger partial charge in [-0.1, -0.05) is 26.0 Å². The zero-order valence-corrected chi connectivity index (χ0v) is 15.8. The van der Waals surface area contributed by atoms with Gasteiger partial charge in [0.05, 0.1) is 28.6 Å². The Hall–Kier alpha value is -1.99. The molecule has 1 amide bonds. The number of carbonyl (C=O) groups is 2. The minimum atomic E-state index is -0.858. The first-order valence-corrected chi connectivity index (χ1v) is 9.78. The smallest absolute Gasteiger partial charge is 0.307 e. The second-order valence-corrected chi connectivity index (χ2v) is 8.91. The van der Waals surface area contributed by atoms with Crippen LogP contribution in [0.5, 0.6) is 0 Å². The maximum Gasteiger partial charge on any atom is 0.307 e. The third kappa shape index (κ3) is 2.99. The molecule has 1 aromatic heterocycles. The molecule has 1 saturated heterocycles. The van der Waals surface area contributed by atoms with E-state index in [1.54, 1.807) is 11.3 Å². The summed E-state index contributed by atoms with van der Waals surface area (Å²) in [6, 6.07) is 8.14. The highest BCUT2D eigenvalue weighted by atomic mass is 32.1. The van der Waals surface area contributed by atoms with Gasteiger partial charge < -0.3 is 10.0 Å². The summed E-state index contributed by atoms with van der Waals surface area (Å²) >= 11 is 1.72. The average molecular weight is 373 g/mol. The fraction of sp³-hybridized carbons (Fsp3) is 0.526. The van der Waals surface area contributed by atoms with Gasteiger partial charge in [-0.3, -0.25) is 14.5 Å². The van der Waals surface area contributed by atoms with E-state index >= 15 is 0 Å². The molecule has 1 aromatic carbocycles. The average Bonchev–Trinajstić information content (AvgIpc) is 2.97. The molecule has 0 unspecified atom stereocenters. The molecule has 2 atom stereocenters. The molecule has 26 heavy (non-hydrogen) atoms. The number of aliphatic carboxylic acids is 1. The number of hydrogen-bond acceptors (Lipinski definition) is 5. The number of aromatic nitrogens is 1. The van der Waals surface area contributed by atoms with E-state index in [0.717, 1.165) is 30.2 Å². The molecule has 1 N–H and O–H groups in total. The van der Waals surface area contributed by atoms with Crippen molar-refractivity contribution in [3.05, 3.63) is 29.3 Å². The van der Waals surface area contributed by atoms with E-state index in [0.29, 0.717) is 13.1 Å². The first-order chi connectivity index (χ1) is 12.4. The summed E-state index contributed by atoms with van der Waals surface area (Å²) in [6.07, 6.45) is 0. The van der Waals surface area contributed by atoms with E-state index in [1.165, 1.54) is 4.70 Å². The maximum absolute atomic E-state index is 12.7. The minimum absolute atomic E-state index is 0.00189. The van der Waals surface area contributed by atoms with E-state index < -0.39 is 17.3 Å². The number of carbonyl (C=O) groups excluding carboxylic acids is 1. The van der Waals surface area contributed by atoms with Gasteiger partial charge in [0.15, 0.2) is 0 Å². The molecular formula is C19H23N3O3S. The highest BCUT2D eigenvalue weighted by Gasteiger charge is 2.66. The first kappa shape index (κ1) is 17.4. The third-order valence-corrected chi connectivity index (χ3v) is 6.76. The fourth-order valence-electron chi connectivity index (χ4n) is 4.06. The number of rotatable bonds is 4. The highest BCUT2D eigenvalue weighted by Crippen LogP contribution is 2.59. The number of piperazine rings is 1. The van der Waals surface area contributed by atoms with Gasteiger partial charge in [0.25, 0.3) is 0 Å². The van der Waals surface area contributed by atoms with Crippen LogP contribution in [0.4, 0.5) is 0 Å². The summed E-state index contributed by atoms with van der Waals surface area (Å²) in [6.45, 7) is 7.45. The lowest BCUT2D eigenvalue weighted by Gasteiger charge is -2.34. The van der Waals surface area contributed by atoms with Crippen LogP contribution < -0.4 is 0 Å². The van der Waals surface area contributed by atoms with Gasteiger partial charge in [-0.25, -0.2) is 4.98 Å². The molecule has 1 aliphatic carbocycles. The summed E-state index contributed by atoms with van der Waals surface area (Å²) in [7, 11) is 0. The van der Waals surface area contributed by atoms with Crippen molar-refractivity contribution >= 4 is 33.4 Å². The first-order valence-electron chi connectivity index (χ1n) is 8.96. The van der Waals surface area contributed by atoms with Crippen molar-refractivity contribution in [3.8, 4) is 0 Å². The van der Waals surface area contributed by atoms with Crippen LogP contribution in [0.1, 0.15) is 18.9 Å². The van der Waals surface area contributed by atoms with Gasteiger partial charge in [-0.15, -0.1) is 11.3 Å². The van der Waals surface area contributed by atoms with Crippen LogP contribution in [-0.4, -0.2) is 57.9 Å². The summed E-state index contributed by atoms with van der Waals surface area (Å²) in [5.41, 5.74) is 0.609. The van der Waals surface area contributed by atoms with E-state index in [1.807, 2.05) is 36.9 Å². The lowest BCUT2D eigenvalue weighted by Crippen LogP contribution is -2.49. The third-order valence-electron chi connectivity index (χ3n) is 5.74. The van der Waals surface area contributed by atoms with Crippen molar-refractivity contribution in [2.75, 3.05) is 26.2 Å². The van der Waals surface area contributed by atoms with Gasteiger partial charge in [-0.05, 0) is 17.5 Å². The Morgan fingerprint density at radius 1 is 1.19 bits per heavy atom. The summed E-state index contributed by atoms with van der Waals surface area (Å²) in [5, 5.41) is 10.4. The monoisotopic (exact) mass is 373 g/mol. The van der Waals surface area contributed by atoms with Gasteiger partial charge in [0, 0.05) is 26.2 Å². The molecule has 2 fully saturated rings. The predicted octanol–water partition coefficient (Wildman–Crippen LogP) is 2.30. The van der Waals surface area contributed by atoms with Crippen LogP contribution >= 0.6 is 11.3 Å². The predicted molar refractivity (Wildman–Crippen MR) is 99.9 cm³/mol. The van der Waals surface area contributed by atoms with Crippen LogP contribution in [-0.2, 0) is 16.1 Å². The molecule has 7 heteroatoms. The Bertz CT molecular complexity index is 822. The van der Waals surface area contributed by atoms with Gasteiger partial charge >= 0.3 is 5.97 Å². The molecule has 2 heterocycles. The topological polar surface area (TPSA) is 73.7 Å². The number of hydrogen-bond donors (Lipinski definition) is 1. The summed E-state index contributed by atoms with van der Waals surface area (Å²) < 4.78 is 1.20. The zero-order chi connectivity index (χ0) is 18.5. The molecule has 6 nitrogen and oxygen atoms in total. The number of fused-ring (bicyclic) bond motifs is 1. The lowest BCUT2D eigenvalue weighted by molar-refractivity contribution is -0.142. The normalized spacial score (nSPS) is 25.4. The molecule has 2 aliphatic rings. The molecule has 138 valence electrons. The van der Waals surface area contributed by atoms with Crippen LogP contribution in [0.25, 0.3) is 10.2 Å². The fourth-order valence-corrected chi connectivity index (χ4v) is 5.07. The second-order valence-electron chi connectivity index (χ2n) is 7.79. The number of para-hydroxylation sites is 1. The van der Waals surface area contributed by atoms with E-state index in [4.69, 9.17) is 0 Å². The van der Waals surface area contributed by atoms with Crippen molar-refractivity contribution in [3.63, 3.8) is 0 Å². The largest absolute Gasteiger partial charge is 0.481 e. The van der Waals surface area contributed by atoms with Crippen LogP contribution in [0.15, 0.2) is 24.3 Å². The number of carboxylic acid groups (broad SMARTS) is 1. The lowest BCUT2D eigenvalue weighted by atomic mass is 10.1. The number of amides is 1. The SMILES string of the molecule is CC1(C)[C@H](C(=O)O)[C@@H]1C(=O)N1CCN(Cc2nc3ccccc3s2)CC1. The Balaban J connectivity index is 1.34. The van der Waals surface area contributed by atoms with Crippen molar-refractivity contribution in [2.24, 2.45) is 17.3 Å². The Kier molecular flexibility index (Phi) is 4.23. The summed E-state index contributed by atoms with van der Waals surface area (Å²) in [4.78, 5) is 32.9. The number of benzene rings is 1. The molecule has 0 radical (unpaired) electrons. The van der Waals surface area contributed by atoms with Gasteiger partial charge in [-0.2, -0.15) is 0 Å². The number of thiazole rings is 1. The van der Waals surface area contributed by atoms with Gasteiger partial charge in [0.1, 0.15) is 5.01 Å². The number of carboxylic acids is 1. The number of nitrogens with zero attached hydrogens (tertiary/aromatic N) is 3. The standard InChI is InChI=1S/C19H23N3O3S/c1-19(2)15(16(19)18(24)25)17(23)22-9-7-21(8-10-22)11-14-20-12-5-3-4-6-13(12)26-14/h3-6,15-16H,7-11H2,1-2H3,(H,24,25)/t15-,16+/m1/s1. The molecule has 4 rings (SSSR count). The van der Waals surface area contributed by atoms with E-state index in [2.05, 4.69) is 16.0 Å². The van der Waals surface area contributed by atoms with Crippen LogP contribution in [0.3, 0.4) is 0 Å².